The fourth-order valence-electron chi connectivity index (χ4n) is 0.685. The van der Waals surface area contributed by atoms with Gasteiger partial charge in [-0.15, -0.1) is 0 Å². The van der Waals surface area contributed by atoms with Crippen LogP contribution in [0.2, 0.25) is 0 Å². The van der Waals surface area contributed by atoms with E-state index in [9.17, 15) is 4.39 Å². The van der Waals surface area contributed by atoms with Gasteiger partial charge in [0.1, 0.15) is 19.4 Å². The fraction of sp³-hybridized carbons (Fsp3) is 0.143. The second-order valence-electron chi connectivity index (χ2n) is 1.89. The molecule has 2 radical (unpaired) electrons. The Morgan fingerprint density at radius 3 is 2.70 bits per heavy atom. The van der Waals surface area contributed by atoms with Gasteiger partial charge < -0.3 is 4.74 Å². The van der Waals surface area contributed by atoms with Crippen LogP contribution in [0.3, 0.4) is 0 Å². The molecule has 0 unspecified atom stereocenters. The molecule has 0 amide bonds. The van der Waals surface area contributed by atoms with E-state index >= 15 is 0 Å². The molecule has 0 bridgehead atoms. The van der Waals surface area contributed by atoms with Gasteiger partial charge in [0.2, 0.25) is 0 Å². The first kappa shape index (κ1) is 7.13. The number of ether oxygens (including phenoxy) is 1. The van der Waals surface area contributed by atoms with E-state index < -0.39 is 0 Å². The van der Waals surface area contributed by atoms with Crippen LogP contribution >= 0.6 is 0 Å². The van der Waals surface area contributed by atoms with Gasteiger partial charge in [-0.25, -0.2) is 4.39 Å². The van der Waals surface area contributed by atoms with Gasteiger partial charge in [-0.3, -0.25) is 0 Å². The first-order valence-corrected chi connectivity index (χ1v) is 2.83. The van der Waals surface area contributed by atoms with E-state index in [1.165, 1.54) is 25.3 Å². The highest BCUT2D eigenvalue weighted by Gasteiger charge is 1.96. The first-order valence-electron chi connectivity index (χ1n) is 2.83. The zero-order valence-corrected chi connectivity index (χ0v) is 5.60. The Morgan fingerprint density at radius 1 is 1.50 bits per heavy atom. The number of halogens is 1. The number of methoxy groups -OCH3 is 1. The number of benzene rings is 1. The Hall–Kier alpha value is -0.985. The second-order valence-corrected chi connectivity index (χ2v) is 1.89. The van der Waals surface area contributed by atoms with E-state index in [-0.39, 0.29) is 5.82 Å². The first-order chi connectivity index (χ1) is 4.74. The SMILES string of the molecule is [B]c1ccc(F)cc1OC. The standard InChI is InChI=1S/C7H6BFO/c1-10-7-4-5(9)2-3-6(7)8/h2-4H,1H3. The van der Waals surface area contributed by atoms with Crippen LogP contribution < -0.4 is 10.2 Å². The van der Waals surface area contributed by atoms with E-state index in [4.69, 9.17) is 12.6 Å². The Labute approximate surface area is 60.2 Å². The van der Waals surface area contributed by atoms with Gasteiger partial charge in [0.05, 0.1) is 7.11 Å². The van der Waals surface area contributed by atoms with Crippen LogP contribution in [-0.4, -0.2) is 15.0 Å². The lowest BCUT2D eigenvalue weighted by atomic mass is 9.95. The van der Waals surface area contributed by atoms with Crippen molar-refractivity contribution in [1.29, 1.82) is 0 Å². The highest BCUT2D eigenvalue weighted by Crippen LogP contribution is 2.06. The average molecular weight is 136 g/mol. The molecule has 0 heterocycles. The van der Waals surface area contributed by atoms with Gasteiger partial charge >= 0.3 is 0 Å². The van der Waals surface area contributed by atoms with Crippen molar-refractivity contribution in [3.63, 3.8) is 0 Å². The van der Waals surface area contributed by atoms with Crippen LogP contribution in [-0.2, 0) is 0 Å². The van der Waals surface area contributed by atoms with Crippen molar-refractivity contribution in [3.05, 3.63) is 24.0 Å². The highest BCUT2D eigenvalue weighted by molar-refractivity contribution is 6.34. The number of rotatable bonds is 1. The second kappa shape index (κ2) is 2.73. The topological polar surface area (TPSA) is 9.23 Å². The summed E-state index contributed by atoms with van der Waals surface area (Å²) < 4.78 is 17.2. The lowest BCUT2D eigenvalue weighted by molar-refractivity contribution is 0.415. The van der Waals surface area contributed by atoms with E-state index in [1.807, 2.05) is 0 Å². The van der Waals surface area contributed by atoms with Gasteiger partial charge in [0, 0.05) is 6.07 Å². The molecule has 0 aromatic heterocycles. The van der Waals surface area contributed by atoms with Crippen LogP contribution in [0.25, 0.3) is 0 Å². The van der Waals surface area contributed by atoms with Crippen LogP contribution in [0, 0.1) is 5.82 Å². The Balaban J connectivity index is 3.09. The molecule has 0 aliphatic rings. The largest absolute Gasteiger partial charge is 0.497 e. The van der Waals surface area contributed by atoms with Gasteiger partial charge in [0.15, 0.2) is 0 Å². The maximum Gasteiger partial charge on any atom is 0.126 e. The molecule has 0 aliphatic carbocycles. The molecular formula is C7H6BFO. The molecule has 0 aliphatic heterocycles. The summed E-state index contributed by atoms with van der Waals surface area (Å²) in [4.78, 5) is 0. The van der Waals surface area contributed by atoms with Crippen molar-refractivity contribution in [2.45, 2.75) is 0 Å². The van der Waals surface area contributed by atoms with Gasteiger partial charge in [-0.2, -0.15) is 0 Å². The predicted molar refractivity (Wildman–Crippen MR) is 38.3 cm³/mol. The van der Waals surface area contributed by atoms with Crippen LogP contribution in [0.1, 0.15) is 0 Å². The lowest BCUT2D eigenvalue weighted by Crippen LogP contribution is -2.06. The third-order valence-corrected chi connectivity index (χ3v) is 1.20. The molecule has 0 saturated heterocycles. The summed E-state index contributed by atoms with van der Waals surface area (Å²) in [5, 5.41) is 0. The van der Waals surface area contributed by atoms with Crippen molar-refractivity contribution in [3.8, 4) is 5.75 Å². The third kappa shape index (κ3) is 1.29. The monoisotopic (exact) mass is 136 g/mol. The minimum Gasteiger partial charge on any atom is -0.497 e. The van der Waals surface area contributed by atoms with E-state index in [0.29, 0.717) is 11.2 Å². The molecule has 0 fully saturated rings. The van der Waals surface area contributed by atoms with Crippen molar-refractivity contribution in [1.82, 2.24) is 0 Å². The lowest BCUT2D eigenvalue weighted by Gasteiger charge is -2.02. The molecular weight excluding hydrogens is 130 g/mol. The third-order valence-electron chi connectivity index (χ3n) is 1.20. The maximum absolute atomic E-state index is 12.4. The van der Waals surface area contributed by atoms with Crippen LogP contribution in [0.4, 0.5) is 4.39 Å². The summed E-state index contributed by atoms with van der Waals surface area (Å²) >= 11 is 0. The zero-order valence-electron chi connectivity index (χ0n) is 5.60. The fourth-order valence-corrected chi connectivity index (χ4v) is 0.685. The highest BCUT2D eigenvalue weighted by atomic mass is 19.1. The number of hydrogen-bond acceptors (Lipinski definition) is 1. The minimum atomic E-state index is -0.342. The quantitative estimate of drug-likeness (QED) is 0.514. The molecule has 0 spiro atoms. The zero-order chi connectivity index (χ0) is 7.56. The van der Waals surface area contributed by atoms with Gasteiger partial charge in [0.25, 0.3) is 0 Å². The van der Waals surface area contributed by atoms with Gasteiger partial charge in [-0.05, 0) is 6.07 Å². The summed E-state index contributed by atoms with van der Waals surface area (Å²) in [6.45, 7) is 0. The maximum atomic E-state index is 12.4. The predicted octanol–water partition coefficient (Wildman–Crippen LogP) is 0.628. The summed E-state index contributed by atoms with van der Waals surface area (Å²) in [6.07, 6.45) is 0. The summed E-state index contributed by atoms with van der Waals surface area (Å²) in [5.41, 5.74) is 0.448. The Bertz CT molecular complexity index is 237. The van der Waals surface area contributed by atoms with E-state index in [2.05, 4.69) is 0 Å². The summed E-state index contributed by atoms with van der Waals surface area (Å²) in [6, 6.07) is 4.00. The smallest absolute Gasteiger partial charge is 0.126 e. The molecule has 0 N–H and O–H groups in total. The van der Waals surface area contributed by atoms with E-state index in [1.54, 1.807) is 0 Å². The number of hydrogen-bond donors (Lipinski definition) is 0. The van der Waals surface area contributed by atoms with Crippen LogP contribution in [0.5, 0.6) is 5.75 Å². The Kier molecular flexibility index (Phi) is 1.95. The van der Waals surface area contributed by atoms with Crippen molar-refractivity contribution < 1.29 is 9.13 Å². The Morgan fingerprint density at radius 2 is 2.20 bits per heavy atom. The molecule has 1 aromatic rings. The molecule has 3 heteroatoms. The summed E-state index contributed by atoms with van der Waals surface area (Å²) in [7, 11) is 6.86. The molecule has 0 atom stereocenters. The normalized spacial score (nSPS) is 9.40. The van der Waals surface area contributed by atoms with Crippen molar-refractivity contribution >= 4 is 13.3 Å². The van der Waals surface area contributed by atoms with Crippen molar-refractivity contribution in [2.24, 2.45) is 0 Å². The molecule has 50 valence electrons. The molecule has 1 rings (SSSR count). The summed E-state index contributed by atoms with van der Waals surface area (Å²) in [5.74, 6) is 0.0334. The van der Waals surface area contributed by atoms with Gasteiger partial charge in [-0.1, -0.05) is 11.5 Å². The molecule has 10 heavy (non-hydrogen) atoms. The average Bonchev–Trinajstić information content (AvgIpc) is 1.94. The van der Waals surface area contributed by atoms with Crippen molar-refractivity contribution in [2.75, 3.05) is 7.11 Å². The molecule has 1 nitrogen and oxygen atoms in total. The molecule has 1 aromatic carbocycles. The minimum absolute atomic E-state index is 0.342. The molecule has 0 saturated carbocycles. The van der Waals surface area contributed by atoms with E-state index in [0.717, 1.165) is 0 Å². The van der Waals surface area contributed by atoms with Crippen LogP contribution in [0.15, 0.2) is 18.2 Å².